The molecule has 90 valence electrons. The number of benzene rings is 1. The van der Waals surface area contributed by atoms with Gasteiger partial charge in [0.2, 0.25) is 11.8 Å². The molecule has 0 saturated heterocycles. The number of hydrogen-bond acceptors (Lipinski definition) is 4. The molecule has 1 heterocycles. The minimum atomic E-state index is -0.245. The minimum absolute atomic E-state index is 0.245. The Balaban J connectivity index is 2.36. The molecule has 6 heteroatoms. The Kier molecular flexibility index (Phi) is 3.66. The highest BCUT2D eigenvalue weighted by atomic mass is 35.5. The lowest BCUT2D eigenvalue weighted by molar-refractivity contribution is 0.452. The van der Waals surface area contributed by atoms with Gasteiger partial charge in [0.15, 0.2) is 0 Å². The molecule has 2 aromatic rings. The van der Waals surface area contributed by atoms with Crippen molar-refractivity contribution in [2.75, 3.05) is 0 Å². The number of halogens is 2. The van der Waals surface area contributed by atoms with Crippen molar-refractivity contribution in [3.8, 4) is 11.5 Å². The third-order valence-electron chi connectivity index (χ3n) is 2.31. The molecule has 1 atom stereocenters. The predicted molar refractivity (Wildman–Crippen MR) is 67.0 cm³/mol. The Morgan fingerprint density at radius 2 is 1.88 bits per heavy atom. The Morgan fingerprint density at radius 1 is 1.24 bits per heavy atom. The van der Waals surface area contributed by atoms with E-state index in [1.165, 1.54) is 0 Å². The zero-order chi connectivity index (χ0) is 12.4. The molecule has 0 aliphatic carbocycles. The van der Waals surface area contributed by atoms with Crippen molar-refractivity contribution < 1.29 is 4.42 Å². The Labute approximate surface area is 109 Å². The molecule has 1 unspecified atom stereocenters. The molecule has 1 aromatic carbocycles. The SMILES string of the molecule is CCC(N)c1nnc(-c2cc(Cl)cc(Cl)c2)o1. The first kappa shape index (κ1) is 12.4. The summed E-state index contributed by atoms with van der Waals surface area (Å²) in [6, 6.07) is 4.82. The van der Waals surface area contributed by atoms with Crippen molar-refractivity contribution in [1.29, 1.82) is 0 Å². The quantitative estimate of drug-likeness (QED) is 0.929. The highest BCUT2D eigenvalue weighted by Crippen LogP contribution is 2.27. The van der Waals surface area contributed by atoms with E-state index in [0.29, 0.717) is 27.4 Å². The Bertz CT molecular complexity index is 507. The molecule has 0 aliphatic rings. The topological polar surface area (TPSA) is 64.9 Å². The molecular weight excluding hydrogens is 261 g/mol. The van der Waals surface area contributed by atoms with Crippen LogP contribution in [0.15, 0.2) is 22.6 Å². The van der Waals surface area contributed by atoms with Crippen LogP contribution in [-0.4, -0.2) is 10.2 Å². The Morgan fingerprint density at radius 3 is 2.47 bits per heavy atom. The monoisotopic (exact) mass is 271 g/mol. The van der Waals surface area contributed by atoms with Gasteiger partial charge < -0.3 is 10.2 Å². The largest absolute Gasteiger partial charge is 0.419 e. The van der Waals surface area contributed by atoms with Crippen LogP contribution < -0.4 is 5.73 Å². The lowest BCUT2D eigenvalue weighted by Crippen LogP contribution is -2.08. The molecule has 0 spiro atoms. The zero-order valence-electron chi connectivity index (χ0n) is 9.15. The molecule has 0 radical (unpaired) electrons. The second-order valence-corrected chi connectivity index (χ2v) is 4.49. The van der Waals surface area contributed by atoms with E-state index in [9.17, 15) is 0 Å². The predicted octanol–water partition coefficient (Wildman–Crippen LogP) is 3.45. The molecule has 2 N–H and O–H groups in total. The fourth-order valence-corrected chi connectivity index (χ4v) is 1.88. The molecule has 0 bridgehead atoms. The van der Waals surface area contributed by atoms with E-state index in [1.807, 2.05) is 6.92 Å². The number of nitrogens with two attached hydrogens (primary N) is 1. The van der Waals surface area contributed by atoms with Crippen LogP contribution in [0.5, 0.6) is 0 Å². The third-order valence-corrected chi connectivity index (χ3v) is 2.74. The average Bonchev–Trinajstić information content (AvgIpc) is 2.76. The van der Waals surface area contributed by atoms with Crippen molar-refractivity contribution in [2.45, 2.75) is 19.4 Å². The fraction of sp³-hybridized carbons (Fsp3) is 0.273. The molecule has 0 fully saturated rings. The van der Waals surface area contributed by atoms with Gasteiger partial charge in [0, 0.05) is 15.6 Å². The standard InChI is InChI=1S/C11H11Cl2N3O/c1-2-9(14)11-16-15-10(17-11)6-3-7(12)5-8(13)4-6/h3-5,9H,2,14H2,1H3. The van der Waals surface area contributed by atoms with Gasteiger partial charge in [-0.2, -0.15) is 0 Å². The van der Waals surface area contributed by atoms with Crippen LogP contribution in [0.25, 0.3) is 11.5 Å². The minimum Gasteiger partial charge on any atom is -0.419 e. The summed E-state index contributed by atoms with van der Waals surface area (Å²) >= 11 is 11.8. The van der Waals surface area contributed by atoms with E-state index in [1.54, 1.807) is 18.2 Å². The summed E-state index contributed by atoms with van der Waals surface area (Å²) in [4.78, 5) is 0. The van der Waals surface area contributed by atoms with E-state index >= 15 is 0 Å². The first-order valence-corrected chi connectivity index (χ1v) is 5.91. The normalized spacial score (nSPS) is 12.7. The summed E-state index contributed by atoms with van der Waals surface area (Å²) in [5, 5.41) is 8.86. The maximum Gasteiger partial charge on any atom is 0.247 e. The first-order valence-electron chi connectivity index (χ1n) is 5.15. The highest BCUT2D eigenvalue weighted by Gasteiger charge is 2.14. The van der Waals surface area contributed by atoms with Crippen LogP contribution in [-0.2, 0) is 0 Å². The third kappa shape index (κ3) is 2.77. The second kappa shape index (κ2) is 5.04. The van der Waals surface area contributed by atoms with Gasteiger partial charge >= 0.3 is 0 Å². The van der Waals surface area contributed by atoms with E-state index in [-0.39, 0.29) is 6.04 Å². The summed E-state index contributed by atoms with van der Waals surface area (Å²) < 4.78 is 5.47. The number of nitrogens with zero attached hydrogens (tertiary/aromatic N) is 2. The summed E-state index contributed by atoms with van der Waals surface area (Å²) in [5.41, 5.74) is 6.48. The van der Waals surface area contributed by atoms with E-state index in [0.717, 1.165) is 6.42 Å². The smallest absolute Gasteiger partial charge is 0.247 e. The van der Waals surface area contributed by atoms with Gasteiger partial charge in [-0.15, -0.1) is 10.2 Å². The van der Waals surface area contributed by atoms with Gasteiger partial charge in [0.1, 0.15) is 0 Å². The molecule has 4 nitrogen and oxygen atoms in total. The molecule has 2 rings (SSSR count). The maximum absolute atomic E-state index is 5.90. The Hall–Kier alpha value is -1.10. The van der Waals surface area contributed by atoms with Gasteiger partial charge in [-0.05, 0) is 24.6 Å². The van der Waals surface area contributed by atoms with Crippen LogP contribution in [0, 0.1) is 0 Å². The molecule has 17 heavy (non-hydrogen) atoms. The fourth-order valence-electron chi connectivity index (χ4n) is 1.35. The lowest BCUT2D eigenvalue weighted by Gasteiger charge is -2.01. The van der Waals surface area contributed by atoms with Crippen LogP contribution >= 0.6 is 23.2 Å². The van der Waals surface area contributed by atoms with Crippen LogP contribution in [0.1, 0.15) is 25.3 Å². The number of hydrogen-bond donors (Lipinski definition) is 1. The van der Waals surface area contributed by atoms with E-state index in [4.69, 9.17) is 33.4 Å². The lowest BCUT2D eigenvalue weighted by atomic mass is 10.2. The summed E-state index contributed by atoms with van der Waals surface area (Å²) in [5.74, 6) is 0.784. The number of rotatable bonds is 3. The molecule has 0 aliphatic heterocycles. The van der Waals surface area contributed by atoms with Gasteiger partial charge in [-0.1, -0.05) is 30.1 Å². The summed E-state index contributed by atoms with van der Waals surface area (Å²) in [7, 11) is 0. The molecule has 0 saturated carbocycles. The van der Waals surface area contributed by atoms with Gasteiger partial charge in [-0.3, -0.25) is 0 Å². The highest BCUT2D eigenvalue weighted by molar-refractivity contribution is 6.35. The van der Waals surface area contributed by atoms with E-state index in [2.05, 4.69) is 10.2 Å². The van der Waals surface area contributed by atoms with Gasteiger partial charge in [0.25, 0.3) is 0 Å². The van der Waals surface area contributed by atoms with Gasteiger partial charge in [0.05, 0.1) is 6.04 Å². The summed E-state index contributed by atoms with van der Waals surface area (Å²) in [6.45, 7) is 1.95. The molecule has 0 amide bonds. The van der Waals surface area contributed by atoms with Crippen molar-refractivity contribution in [1.82, 2.24) is 10.2 Å². The van der Waals surface area contributed by atoms with Crippen molar-refractivity contribution in [2.24, 2.45) is 5.73 Å². The van der Waals surface area contributed by atoms with Gasteiger partial charge in [-0.25, -0.2) is 0 Å². The average molecular weight is 272 g/mol. The first-order chi connectivity index (χ1) is 8.10. The number of aromatic nitrogens is 2. The summed E-state index contributed by atoms with van der Waals surface area (Å²) in [6.07, 6.45) is 0.734. The molecular formula is C11H11Cl2N3O. The van der Waals surface area contributed by atoms with Crippen molar-refractivity contribution in [3.63, 3.8) is 0 Å². The maximum atomic E-state index is 5.90. The van der Waals surface area contributed by atoms with Crippen LogP contribution in [0.3, 0.4) is 0 Å². The van der Waals surface area contributed by atoms with Crippen LogP contribution in [0.2, 0.25) is 10.0 Å². The van der Waals surface area contributed by atoms with Crippen molar-refractivity contribution >= 4 is 23.2 Å². The van der Waals surface area contributed by atoms with E-state index < -0.39 is 0 Å². The van der Waals surface area contributed by atoms with Crippen molar-refractivity contribution in [3.05, 3.63) is 34.1 Å². The van der Waals surface area contributed by atoms with Crippen LogP contribution in [0.4, 0.5) is 0 Å². The molecule has 1 aromatic heterocycles. The second-order valence-electron chi connectivity index (χ2n) is 3.62. The zero-order valence-corrected chi connectivity index (χ0v) is 10.7.